The lowest BCUT2D eigenvalue weighted by Gasteiger charge is -2.30. The summed E-state index contributed by atoms with van der Waals surface area (Å²) in [6.45, 7) is 0.346. The highest BCUT2D eigenvalue weighted by atomic mass is 32.2. The number of nitrogens with zero attached hydrogens (tertiary/aromatic N) is 2. The maximum Gasteiger partial charge on any atom is 0.243 e. The second-order valence-electron chi connectivity index (χ2n) is 6.14. The number of amides is 2. The fourth-order valence-corrected chi connectivity index (χ4v) is 4.05. The standard InChI is InChI=1S/C16H22FN3O4S/c1-19(2)15(21)11-18-16(22)12-7-9-20(10-8-12)25(23,24)14-5-3-13(17)4-6-14/h3-6,12H,7-11H2,1-2H3,(H,18,22). The highest BCUT2D eigenvalue weighted by Crippen LogP contribution is 2.24. The molecule has 0 spiro atoms. The van der Waals surface area contributed by atoms with E-state index in [4.69, 9.17) is 0 Å². The van der Waals surface area contributed by atoms with Crippen LogP contribution in [-0.4, -0.2) is 63.2 Å². The van der Waals surface area contributed by atoms with Gasteiger partial charge in [0.15, 0.2) is 0 Å². The highest BCUT2D eigenvalue weighted by molar-refractivity contribution is 7.89. The maximum atomic E-state index is 13.0. The number of likely N-dealkylation sites (N-methyl/N-ethyl adjacent to an activating group) is 1. The summed E-state index contributed by atoms with van der Waals surface area (Å²) in [5, 5.41) is 2.59. The number of rotatable bonds is 5. The van der Waals surface area contributed by atoms with E-state index in [0.717, 1.165) is 12.1 Å². The predicted molar refractivity (Wildman–Crippen MR) is 89.6 cm³/mol. The molecule has 1 saturated heterocycles. The third-order valence-electron chi connectivity index (χ3n) is 4.19. The third kappa shape index (κ3) is 4.76. The van der Waals surface area contributed by atoms with Gasteiger partial charge in [0.25, 0.3) is 0 Å². The Labute approximate surface area is 146 Å². The van der Waals surface area contributed by atoms with E-state index in [1.54, 1.807) is 14.1 Å². The SMILES string of the molecule is CN(C)C(=O)CNC(=O)C1CCN(S(=O)(=O)c2ccc(F)cc2)CC1. The van der Waals surface area contributed by atoms with Gasteiger partial charge in [-0.25, -0.2) is 12.8 Å². The molecule has 25 heavy (non-hydrogen) atoms. The molecular formula is C16H22FN3O4S. The molecule has 0 saturated carbocycles. The Morgan fingerprint density at radius 3 is 2.28 bits per heavy atom. The summed E-state index contributed by atoms with van der Waals surface area (Å²) in [7, 11) is -0.482. The molecule has 7 nitrogen and oxygen atoms in total. The van der Waals surface area contributed by atoms with Crippen LogP contribution >= 0.6 is 0 Å². The van der Waals surface area contributed by atoms with Gasteiger partial charge in [0.05, 0.1) is 11.4 Å². The van der Waals surface area contributed by atoms with Gasteiger partial charge in [-0.3, -0.25) is 9.59 Å². The van der Waals surface area contributed by atoms with Crippen molar-refractivity contribution in [2.24, 2.45) is 5.92 Å². The van der Waals surface area contributed by atoms with Crippen molar-refractivity contribution in [3.63, 3.8) is 0 Å². The molecule has 1 heterocycles. The van der Waals surface area contributed by atoms with Crippen LogP contribution in [0.2, 0.25) is 0 Å². The van der Waals surface area contributed by atoms with E-state index in [1.807, 2.05) is 0 Å². The average Bonchev–Trinajstić information content (AvgIpc) is 2.59. The molecule has 0 unspecified atom stereocenters. The van der Waals surface area contributed by atoms with Gasteiger partial charge in [-0.05, 0) is 37.1 Å². The molecule has 1 aromatic carbocycles. The number of hydrogen-bond donors (Lipinski definition) is 1. The van der Waals surface area contributed by atoms with Crippen LogP contribution in [0, 0.1) is 11.7 Å². The van der Waals surface area contributed by atoms with Crippen molar-refractivity contribution >= 4 is 21.8 Å². The van der Waals surface area contributed by atoms with Crippen LogP contribution in [0.4, 0.5) is 4.39 Å². The van der Waals surface area contributed by atoms with Crippen LogP contribution in [0.5, 0.6) is 0 Å². The number of carbonyl (C=O) groups is 2. The molecule has 9 heteroatoms. The van der Waals surface area contributed by atoms with Gasteiger partial charge in [0.2, 0.25) is 21.8 Å². The van der Waals surface area contributed by atoms with Crippen molar-refractivity contribution in [1.82, 2.24) is 14.5 Å². The van der Waals surface area contributed by atoms with Gasteiger partial charge >= 0.3 is 0 Å². The van der Waals surface area contributed by atoms with Gasteiger partial charge in [-0.1, -0.05) is 0 Å². The van der Waals surface area contributed by atoms with E-state index in [-0.39, 0.29) is 42.3 Å². The van der Waals surface area contributed by atoms with Gasteiger partial charge in [0, 0.05) is 33.1 Å². The predicted octanol–water partition coefficient (Wildman–Crippen LogP) is 0.431. The number of carbonyl (C=O) groups excluding carboxylic acids is 2. The first-order valence-corrected chi connectivity index (χ1v) is 9.39. The molecule has 1 fully saturated rings. The first-order chi connectivity index (χ1) is 11.7. The number of piperidine rings is 1. The van der Waals surface area contributed by atoms with Crippen LogP contribution in [0.1, 0.15) is 12.8 Å². The lowest BCUT2D eigenvalue weighted by molar-refractivity contribution is -0.132. The summed E-state index contributed by atoms with van der Waals surface area (Å²) in [6, 6.07) is 4.68. The van der Waals surface area contributed by atoms with Gasteiger partial charge in [-0.15, -0.1) is 0 Å². The van der Waals surface area contributed by atoms with E-state index in [9.17, 15) is 22.4 Å². The van der Waals surface area contributed by atoms with E-state index in [1.165, 1.54) is 21.3 Å². The van der Waals surface area contributed by atoms with Crippen LogP contribution in [0.15, 0.2) is 29.2 Å². The van der Waals surface area contributed by atoms with Gasteiger partial charge in [-0.2, -0.15) is 4.31 Å². The number of nitrogens with one attached hydrogen (secondary N) is 1. The zero-order valence-corrected chi connectivity index (χ0v) is 15.1. The summed E-state index contributed by atoms with van der Waals surface area (Å²) in [5.74, 6) is -1.27. The lowest BCUT2D eigenvalue weighted by atomic mass is 9.97. The van der Waals surface area contributed by atoms with Gasteiger partial charge < -0.3 is 10.2 Å². The summed E-state index contributed by atoms with van der Waals surface area (Å²) in [6.07, 6.45) is 0.755. The zero-order chi connectivity index (χ0) is 18.6. The summed E-state index contributed by atoms with van der Waals surface area (Å²) in [4.78, 5) is 25.0. The van der Waals surface area contributed by atoms with Gasteiger partial charge in [0.1, 0.15) is 5.82 Å². The lowest BCUT2D eigenvalue weighted by Crippen LogP contribution is -2.44. The van der Waals surface area contributed by atoms with Crippen LogP contribution in [0.3, 0.4) is 0 Å². The van der Waals surface area contributed by atoms with Crippen molar-refractivity contribution in [2.45, 2.75) is 17.7 Å². The van der Waals surface area contributed by atoms with E-state index in [0.29, 0.717) is 12.8 Å². The Hall–Kier alpha value is -2.00. The molecule has 0 bridgehead atoms. The summed E-state index contributed by atoms with van der Waals surface area (Å²) >= 11 is 0. The average molecular weight is 371 g/mol. The number of halogens is 1. The highest BCUT2D eigenvalue weighted by Gasteiger charge is 2.32. The topological polar surface area (TPSA) is 86.8 Å². The molecule has 138 valence electrons. The van der Waals surface area contributed by atoms with Crippen molar-refractivity contribution in [3.8, 4) is 0 Å². The molecule has 2 amide bonds. The van der Waals surface area contributed by atoms with Crippen LogP contribution in [-0.2, 0) is 19.6 Å². The number of benzene rings is 1. The van der Waals surface area contributed by atoms with Crippen LogP contribution in [0.25, 0.3) is 0 Å². The number of hydrogen-bond acceptors (Lipinski definition) is 4. The fraction of sp³-hybridized carbons (Fsp3) is 0.500. The first kappa shape index (κ1) is 19.3. The van der Waals surface area contributed by atoms with Crippen LogP contribution < -0.4 is 5.32 Å². The van der Waals surface area contributed by atoms with E-state index in [2.05, 4.69) is 5.32 Å². The minimum atomic E-state index is -3.69. The Bertz CT molecular complexity index is 726. The first-order valence-electron chi connectivity index (χ1n) is 7.95. The summed E-state index contributed by atoms with van der Waals surface area (Å²) in [5.41, 5.74) is 0. The molecule has 2 rings (SSSR count). The molecule has 1 aliphatic rings. The summed E-state index contributed by atoms with van der Waals surface area (Å²) < 4.78 is 39.3. The largest absolute Gasteiger partial charge is 0.347 e. The third-order valence-corrected chi connectivity index (χ3v) is 6.10. The van der Waals surface area contributed by atoms with Crippen molar-refractivity contribution in [2.75, 3.05) is 33.7 Å². The monoisotopic (exact) mass is 371 g/mol. The minimum Gasteiger partial charge on any atom is -0.347 e. The second-order valence-corrected chi connectivity index (χ2v) is 8.08. The Morgan fingerprint density at radius 1 is 1.20 bits per heavy atom. The molecule has 1 N–H and O–H groups in total. The molecule has 1 aliphatic heterocycles. The minimum absolute atomic E-state index is 0.0355. The van der Waals surface area contributed by atoms with E-state index >= 15 is 0 Å². The number of sulfonamides is 1. The van der Waals surface area contributed by atoms with Crippen molar-refractivity contribution in [1.29, 1.82) is 0 Å². The second kappa shape index (κ2) is 7.92. The Balaban J connectivity index is 1.91. The maximum absolute atomic E-state index is 13.0. The molecular weight excluding hydrogens is 349 g/mol. The smallest absolute Gasteiger partial charge is 0.243 e. The van der Waals surface area contributed by atoms with Crippen molar-refractivity contribution < 1.29 is 22.4 Å². The fourth-order valence-electron chi connectivity index (χ4n) is 2.58. The zero-order valence-electron chi connectivity index (χ0n) is 14.2. The van der Waals surface area contributed by atoms with E-state index < -0.39 is 15.8 Å². The molecule has 0 aromatic heterocycles. The quantitative estimate of drug-likeness (QED) is 0.813. The Morgan fingerprint density at radius 2 is 1.76 bits per heavy atom. The van der Waals surface area contributed by atoms with Crippen molar-refractivity contribution in [3.05, 3.63) is 30.1 Å². The molecule has 1 aromatic rings. The molecule has 0 aliphatic carbocycles. The normalized spacial score (nSPS) is 16.4. The Kier molecular flexibility index (Phi) is 6.12. The molecule has 0 radical (unpaired) electrons. The molecule has 0 atom stereocenters.